The molecule has 0 aromatic heterocycles. The van der Waals surface area contributed by atoms with Crippen LogP contribution in [0.3, 0.4) is 0 Å². The monoisotopic (exact) mass is 288 g/mol. The summed E-state index contributed by atoms with van der Waals surface area (Å²) in [7, 11) is -5.20. The van der Waals surface area contributed by atoms with Gasteiger partial charge in [-0.2, -0.15) is 0 Å². The summed E-state index contributed by atoms with van der Waals surface area (Å²) in [6.45, 7) is 0. The van der Waals surface area contributed by atoms with E-state index in [2.05, 4.69) is 22.9 Å². The van der Waals surface area contributed by atoms with Crippen molar-refractivity contribution in [3.63, 3.8) is 0 Å². The van der Waals surface area contributed by atoms with Gasteiger partial charge in [0.15, 0.2) is 0 Å². The van der Waals surface area contributed by atoms with Gasteiger partial charge in [0, 0.05) is 23.7 Å². The van der Waals surface area contributed by atoms with Crippen LogP contribution in [0.1, 0.15) is 0 Å². The van der Waals surface area contributed by atoms with Crippen molar-refractivity contribution in [1.82, 2.24) is 0 Å². The molecule has 0 spiro atoms. The van der Waals surface area contributed by atoms with Crippen LogP contribution in [0.15, 0.2) is 0 Å². The number of hydrogen-bond donors (Lipinski definition) is 2. The second kappa shape index (κ2) is 4.32. The van der Waals surface area contributed by atoms with E-state index in [9.17, 15) is 0 Å². The molecule has 2 saturated heterocycles. The van der Waals surface area contributed by atoms with Crippen LogP contribution in [-0.4, -0.2) is 63.0 Å². The standard InChI is InChI=1S/B4H2O7.Te/c5-1-7-3-9-2(6)10-4(8-1)11-3;/h5-6H;. The maximum Gasteiger partial charge on any atom is 0.612 e. The van der Waals surface area contributed by atoms with Crippen LogP contribution in [0.5, 0.6) is 0 Å². The Morgan fingerprint density at radius 2 is 1.00 bits per heavy atom. The molecule has 0 amide bonds. The van der Waals surface area contributed by atoms with E-state index in [-0.39, 0.29) is 23.7 Å². The van der Waals surface area contributed by atoms with E-state index in [1.54, 1.807) is 0 Å². The van der Waals surface area contributed by atoms with Gasteiger partial charge in [0.1, 0.15) is 0 Å². The van der Waals surface area contributed by atoms with Crippen molar-refractivity contribution in [3.8, 4) is 0 Å². The Hall–Kier alpha value is 0.769. The summed E-state index contributed by atoms with van der Waals surface area (Å²) in [6, 6.07) is 0. The van der Waals surface area contributed by atoms with Crippen LogP contribution < -0.4 is 0 Å². The van der Waals surface area contributed by atoms with Crippen molar-refractivity contribution in [2.45, 2.75) is 0 Å². The summed E-state index contributed by atoms with van der Waals surface area (Å²) in [5, 5.41) is 17.5. The Labute approximate surface area is 86.1 Å². The Morgan fingerprint density at radius 1 is 0.667 bits per heavy atom. The number of hydrogen-bond acceptors (Lipinski definition) is 7. The molecule has 2 heterocycles. The van der Waals surface area contributed by atoms with Gasteiger partial charge in [-0.3, -0.25) is 0 Å². The molecule has 0 aromatic carbocycles. The number of rotatable bonds is 0. The molecular weight excluding hydrogens is 283 g/mol. The first-order valence-electron chi connectivity index (χ1n) is 2.87. The molecule has 2 fully saturated rings. The molecule has 2 N–H and O–H groups in total. The molecule has 12 heavy (non-hydrogen) atoms. The van der Waals surface area contributed by atoms with Gasteiger partial charge in [0.25, 0.3) is 0 Å². The molecule has 62 valence electrons. The first-order chi connectivity index (χ1) is 5.24. The van der Waals surface area contributed by atoms with Crippen molar-refractivity contribution in [3.05, 3.63) is 0 Å². The quantitative estimate of drug-likeness (QED) is 0.449. The molecule has 2 radical (unpaired) electrons. The number of fused-ring (bicyclic) bond motifs is 2. The van der Waals surface area contributed by atoms with Gasteiger partial charge >= 0.3 is 29.3 Å². The topological polar surface area (TPSA) is 86.6 Å². The third-order valence-corrected chi connectivity index (χ3v) is 1.13. The Kier molecular flexibility index (Phi) is 3.91. The molecule has 0 atom stereocenters. The smallest absolute Gasteiger partial charge is 0.403 e. The van der Waals surface area contributed by atoms with Crippen molar-refractivity contribution in [1.29, 1.82) is 0 Å². The van der Waals surface area contributed by atoms with E-state index in [1.165, 1.54) is 0 Å². The van der Waals surface area contributed by atoms with Gasteiger partial charge in [-0.25, -0.2) is 0 Å². The minimum Gasteiger partial charge on any atom is -0.403 e. The molecule has 2 aliphatic rings. The van der Waals surface area contributed by atoms with Crippen LogP contribution in [0.2, 0.25) is 0 Å². The molecule has 0 unspecified atom stereocenters. The second-order valence-corrected chi connectivity index (χ2v) is 1.87. The van der Waals surface area contributed by atoms with Crippen LogP contribution >= 0.6 is 0 Å². The fourth-order valence-electron chi connectivity index (χ4n) is 0.728. The van der Waals surface area contributed by atoms with Gasteiger partial charge in [-0.15, -0.1) is 0 Å². The van der Waals surface area contributed by atoms with Gasteiger partial charge in [-0.05, 0) is 0 Å². The maximum atomic E-state index is 8.74. The maximum absolute atomic E-state index is 8.74. The largest absolute Gasteiger partial charge is 0.612 e. The fraction of sp³-hybridized carbons (Fsp3) is 0. The minimum absolute atomic E-state index is 0. The average Bonchev–Trinajstić information content (AvgIpc) is 1.82. The average molecular weight is 285 g/mol. The first-order valence-corrected chi connectivity index (χ1v) is 2.87. The van der Waals surface area contributed by atoms with Gasteiger partial charge in [-0.1, -0.05) is 0 Å². The zero-order chi connectivity index (χ0) is 7.84. The summed E-state index contributed by atoms with van der Waals surface area (Å²) in [5.41, 5.74) is 0. The van der Waals surface area contributed by atoms with E-state index in [4.69, 9.17) is 10.0 Å². The Morgan fingerprint density at radius 3 is 1.33 bits per heavy atom. The molecule has 0 aromatic rings. The van der Waals surface area contributed by atoms with E-state index < -0.39 is 29.3 Å². The molecule has 2 rings (SSSR count). The molecule has 0 aliphatic carbocycles. The van der Waals surface area contributed by atoms with E-state index in [0.717, 1.165) is 0 Å². The van der Waals surface area contributed by atoms with E-state index >= 15 is 0 Å². The summed E-state index contributed by atoms with van der Waals surface area (Å²) in [5.74, 6) is 0. The van der Waals surface area contributed by atoms with Crippen LogP contribution in [0.25, 0.3) is 0 Å². The van der Waals surface area contributed by atoms with Crippen LogP contribution in [-0.2, 0) is 22.9 Å². The normalized spacial score (nSPS) is 22.5. The molecule has 2 aliphatic heterocycles. The molecule has 7 nitrogen and oxygen atoms in total. The zero-order valence-corrected chi connectivity index (χ0v) is 7.98. The predicted molar refractivity (Wildman–Crippen MR) is 38.6 cm³/mol. The third kappa shape index (κ3) is 2.38. The third-order valence-electron chi connectivity index (χ3n) is 1.13. The predicted octanol–water partition coefficient (Wildman–Crippen LogP) is -3.36. The first kappa shape index (κ1) is 10.8. The minimum atomic E-state index is -1.45. The molecule has 0 saturated carbocycles. The Balaban J connectivity index is 0.000000720. The summed E-state index contributed by atoms with van der Waals surface area (Å²) in [6.07, 6.45) is 0. The van der Waals surface area contributed by atoms with Crippen molar-refractivity contribution in [2.75, 3.05) is 0 Å². The SMILES string of the molecule is OB1OB2OB(O)OB(O1)O2.[Te]. The van der Waals surface area contributed by atoms with Crippen molar-refractivity contribution in [2.24, 2.45) is 0 Å². The summed E-state index contributed by atoms with van der Waals surface area (Å²) in [4.78, 5) is 0. The van der Waals surface area contributed by atoms with Crippen LogP contribution in [0, 0.1) is 0 Å². The molecule has 2 bridgehead atoms. The molecule has 12 heteroatoms. The Bertz CT molecular complexity index is 121. The van der Waals surface area contributed by atoms with Crippen LogP contribution in [0.4, 0.5) is 0 Å². The molecular formula is H2B4O7Te. The van der Waals surface area contributed by atoms with E-state index in [1.807, 2.05) is 0 Å². The van der Waals surface area contributed by atoms with Gasteiger partial charge in [0.2, 0.25) is 0 Å². The second-order valence-electron chi connectivity index (χ2n) is 1.87. The zero-order valence-electron chi connectivity index (χ0n) is 5.65. The van der Waals surface area contributed by atoms with Gasteiger partial charge in [0.05, 0.1) is 0 Å². The summed E-state index contributed by atoms with van der Waals surface area (Å²) < 4.78 is 22.6. The van der Waals surface area contributed by atoms with Crippen molar-refractivity contribution < 1.29 is 32.9 Å². The fourth-order valence-corrected chi connectivity index (χ4v) is 0.728. The van der Waals surface area contributed by atoms with Crippen molar-refractivity contribution >= 4 is 53.0 Å². The van der Waals surface area contributed by atoms with Gasteiger partial charge < -0.3 is 32.9 Å². The van der Waals surface area contributed by atoms with E-state index in [0.29, 0.717) is 0 Å². The summed E-state index contributed by atoms with van der Waals surface area (Å²) >= 11 is 0.